The average molecular weight is 273 g/mol. The summed E-state index contributed by atoms with van der Waals surface area (Å²) in [7, 11) is 2.02. The minimum absolute atomic E-state index is 0.0326. The van der Waals surface area contributed by atoms with Gasteiger partial charge >= 0.3 is 0 Å². The molecular weight excluding hydrogens is 254 g/mol. The van der Waals surface area contributed by atoms with Gasteiger partial charge < -0.3 is 15.2 Å². The third-order valence-electron chi connectivity index (χ3n) is 3.19. The zero-order valence-corrected chi connectivity index (χ0v) is 11.8. The highest BCUT2D eigenvalue weighted by molar-refractivity contribution is 5.85. The molecular formula is C15H19N3O2. The Morgan fingerprint density at radius 3 is 2.70 bits per heavy atom. The molecule has 1 heterocycles. The van der Waals surface area contributed by atoms with Crippen LogP contribution in [0.3, 0.4) is 0 Å². The molecule has 2 rings (SSSR count). The predicted molar refractivity (Wildman–Crippen MR) is 78.3 cm³/mol. The molecule has 5 heteroatoms. The first-order valence-electron chi connectivity index (χ1n) is 6.62. The highest BCUT2D eigenvalue weighted by Gasteiger charge is 2.06. The summed E-state index contributed by atoms with van der Waals surface area (Å²) in [5, 5.41) is 6.48. The Labute approximate surface area is 118 Å². The van der Waals surface area contributed by atoms with Gasteiger partial charge in [-0.2, -0.15) is 0 Å². The van der Waals surface area contributed by atoms with E-state index in [4.69, 9.17) is 0 Å². The summed E-state index contributed by atoms with van der Waals surface area (Å²) >= 11 is 0. The molecule has 0 unspecified atom stereocenters. The molecule has 1 aromatic carbocycles. The summed E-state index contributed by atoms with van der Waals surface area (Å²) in [5.41, 5.74) is 2.40. The second-order valence-corrected chi connectivity index (χ2v) is 4.79. The first-order chi connectivity index (χ1) is 9.58. The zero-order valence-electron chi connectivity index (χ0n) is 11.8. The van der Waals surface area contributed by atoms with Crippen LogP contribution in [0, 0.1) is 0 Å². The van der Waals surface area contributed by atoms with Gasteiger partial charge in [-0.1, -0.05) is 18.2 Å². The van der Waals surface area contributed by atoms with Crippen molar-refractivity contribution in [2.24, 2.45) is 7.05 Å². The van der Waals surface area contributed by atoms with Gasteiger partial charge in [-0.15, -0.1) is 0 Å². The van der Waals surface area contributed by atoms with Crippen molar-refractivity contribution in [2.45, 2.75) is 13.3 Å². The Morgan fingerprint density at radius 1 is 1.20 bits per heavy atom. The van der Waals surface area contributed by atoms with Gasteiger partial charge in [0.15, 0.2) is 0 Å². The van der Waals surface area contributed by atoms with Crippen LogP contribution in [0.25, 0.3) is 10.9 Å². The predicted octanol–water partition coefficient (Wildman–Crippen LogP) is 0.973. The second kappa shape index (κ2) is 6.23. The van der Waals surface area contributed by atoms with Crippen molar-refractivity contribution in [2.75, 3.05) is 13.1 Å². The first-order valence-corrected chi connectivity index (χ1v) is 6.62. The van der Waals surface area contributed by atoms with Crippen LogP contribution in [-0.4, -0.2) is 29.5 Å². The summed E-state index contributed by atoms with van der Waals surface area (Å²) in [6, 6.07) is 8.19. The zero-order chi connectivity index (χ0) is 14.5. The Morgan fingerprint density at radius 2 is 1.95 bits per heavy atom. The Balaban J connectivity index is 1.90. The molecule has 0 saturated heterocycles. The molecule has 1 aromatic heterocycles. The third-order valence-corrected chi connectivity index (χ3v) is 3.19. The second-order valence-electron chi connectivity index (χ2n) is 4.79. The summed E-state index contributed by atoms with van der Waals surface area (Å²) < 4.78 is 2.09. The van der Waals surface area contributed by atoms with Crippen LogP contribution in [-0.2, 0) is 23.1 Å². The van der Waals surface area contributed by atoms with E-state index >= 15 is 0 Å². The van der Waals surface area contributed by atoms with Crippen LogP contribution < -0.4 is 10.6 Å². The summed E-state index contributed by atoms with van der Waals surface area (Å²) in [6.07, 6.45) is 2.86. The average Bonchev–Trinajstić information content (AvgIpc) is 2.74. The lowest BCUT2D eigenvalue weighted by Gasteiger charge is -2.05. The van der Waals surface area contributed by atoms with Gasteiger partial charge in [0.2, 0.25) is 11.8 Å². The molecule has 0 atom stereocenters. The molecule has 0 aliphatic heterocycles. The number of aromatic nitrogens is 1. The van der Waals surface area contributed by atoms with E-state index in [0.29, 0.717) is 6.54 Å². The monoisotopic (exact) mass is 273 g/mol. The normalized spacial score (nSPS) is 10.5. The maximum absolute atomic E-state index is 11.5. The van der Waals surface area contributed by atoms with Crippen molar-refractivity contribution < 1.29 is 9.59 Å². The van der Waals surface area contributed by atoms with Crippen molar-refractivity contribution in [3.8, 4) is 0 Å². The lowest BCUT2D eigenvalue weighted by atomic mass is 10.1. The van der Waals surface area contributed by atoms with E-state index in [1.165, 1.54) is 23.4 Å². The van der Waals surface area contributed by atoms with Crippen molar-refractivity contribution >= 4 is 22.7 Å². The molecule has 2 amide bonds. The fourth-order valence-corrected chi connectivity index (χ4v) is 2.23. The number of rotatable bonds is 5. The van der Waals surface area contributed by atoms with E-state index < -0.39 is 0 Å². The van der Waals surface area contributed by atoms with Gasteiger partial charge in [0.1, 0.15) is 0 Å². The molecule has 20 heavy (non-hydrogen) atoms. The fourth-order valence-electron chi connectivity index (χ4n) is 2.23. The molecule has 0 radical (unpaired) electrons. The van der Waals surface area contributed by atoms with Gasteiger partial charge in [-0.3, -0.25) is 9.59 Å². The number of hydrogen-bond donors (Lipinski definition) is 2. The number of carbonyl (C=O) groups is 2. The van der Waals surface area contributed by atoms with Crippen LogP contribution in [0.15, 0.2) is 30.5 Å². The number of nitrogens with one attached hydrogen (secondary N) is 2. The molecule has 0 fully saturated rings. The lowest BCUT2D eigenvalue weighted by Crippen LogP contribution is -2.36. The Hall–Kier alpha value is -2.30. The third kappa shape index (κ3) is 3.38. The van der Waals surface area contributed by atoms with E-state index in [9.17, 15) is 9.59 Å². The minimum Gasteiger partial charge on any atom is -0.354 e. The number of aryl methyl sites for hydroxylation is 1. The van der Waals surface area contributed by atoms with Gasteiger partial charge in [-0.05, 0) is 18.1 Å². The summed E-state index contributed by atoms with van der Waals surface area (Å²) in [4.78, 5) is 22.2. The maximum Gasteiger partial charge on any atom is 0.239 e. The van der Waals surface area contributed by atoms with E-state index in [1.807, 2.05) is 19.2 Å². The number of para-hydroxylation sites is 1. The van der Waals surface area contributed by atoms with Crippen LogP contribution in [0.5, 0.6) is 0 Å². The quantitative estimate of drug-likeness (QED) is 0.852. The molecule has 0 aliphatic rings. The number of nitrogens with zero attached hydrogens (tertiary/aromatic N) is 1. The molecule has 2 N–H and O–H groups in total. The van der Waals surface area contributed by atoms with Gasteiger partial charge in [0, 0.05) is 37.6 Å². The van der Waals surface area contributed by atoms with Crippen molar-refractivity contribution in [3.63, 3.8) is 0 Å². The van der Waals surface area contributed by atoms with Gasteiger partial charge in [-0.25, -0.2) is 0 Å². The van der Waals surface area contributed by atoms with Crippen LogP contribution in [0.1, 0.15) is 12.5 Å². The molecule has 0 spiro atoms. The number of benzene rings is 1. The summed E-state index contributed by atoms with van der Waals surface area (Å²) in [5.74, 6) is -0.366. The fraction of sp³-hybridized carbons (Fsp3) is 0.333. The van der Waals surface area contributed by atoms with E-state index in [0.717, 1.165) is 6.42 Å². The van der Waals surface area contributed by atoms with Crippen LogP contribution in [0.2, 0.25) is 0 Å². The number of fused-ring (bicyclic) bond motifs is 1. The van der Waals surface area contributed by atoms with Crippen LogP contribution >= 0.6 is 0 Å². The SMILES string of the molecule is CC(=O)NCC(=O)NCCc1cn(C)c2ccccc12. The Bertz CT molecular complexity index is 631. The molecule has 0 aliphatic carbocycles. The number of hydrogen-bond acceptors (Lipinski definition) is 2. The van der Waals surface area contributed by atoms with E-state index in [1.54, 1.807) is 0 Å². The van der Waals surface area contributed by atoms with Crippen LogP contribution in [0.4, 0.5) is 0 Å². The first kappa shape index (κ1) is 14.1. The van der Waals surface area contributed by atoms with Gasteiger partial charge in [0.25, 0.3) is 0 Å². The maximum atomic E-state index is 11.5. The minimum atomic E-state index is -0.200. The highest BCUT2D eigenvalue weighted by atomic mass is 16.2. The smallest absolute Gasteiger partial charge is 0.239 e. The molecule has 2 aromatic rings. The Kier molecular flexibility index (Phi) is 4.40. The number of carbonyl (C=O) groups excluding carboxylic acids is 2. The molecule has 106 valence electrons. The summed E-state index contributed by atoms with van der Waals surface area (Å²) in [6.45, 7) is 1.99. The molecule has 0 saturated carbocycles. The van der Waals surface area contributed by atoms with E-state index in [-0.39, 0.29) is 18.4 Å². The molecule has 5 nitrogen and oxygen atoms in total. The lowest BCUT2D eigenvalue weighted by molar-refractivity contribution is -0.125. The van der Waals surface area contributed by atoms with Gasteiger partial charge in [0.05, 0.1) is 6.54 Å². The van der Waals surface area contributed by atoms with E-state index in [2.05, 4.69) is 33.5 Å². The topological polar surface area (TPSA) is 63.1 Å². The number of amides is 2. The van der Waals surface area contributed by atoms with Crippen molar-refractivity contribution in [1.82, 2.24) is 15.2 Å². The van der Waals surface area contributed by atoms with Crippen molar-refractivity contribution in [1.29, 1.82) is 0 Å². The van der Waals surface area contributed by atoms with Crippen molar-refractivity contribution in [3.05, 3.63) is 36.0 Å². The standard InChI is InChI=1S/C15H19N3O2/c1-11(19)17-9-15(20)16-8-7-12-10-18(2)14-6-4-3-5-13(12)14/h3-6,10H,7-9H2,1-2H3,(H,16,20)(H,17,19). The molecule has 0 bridgehead atoms. The largest absolute Gasteiger partial charge is 0.354 e. The highest BCUT2D eigenvalue weighted by Crippen LogP contribution is 2.20.